The van der Waals surface area contributed by atoms with Crippen molar-refractivity contribution in [2.45, 2.75) is 43.7 Å². The van der Waals surface area contributed by atoms with Crippen molar-refractivity contribution in [1.82, 2.24) is 15.5 Å². The van der Waals surface area contributed by atoms with Crippen molar-refractivity contribution in [3.8, 4) is 0 Å². The van der Waals surface area contributed by atoms with E-state index in [-0.39, 0.29) is 5.60 Å². The fourth-order valence-electron chi connectivity index (χ4n) is 4.43. The minimum Gasteiger partial charge on any atom is -0.469 e. The Morgan fingerprint density at radius 1 is 1.30 bits per heavy atom. The van der Waals surface area contributed by atoms with Gasteiger partial charge in [0, 0.05) is 57.5 Å². The van der Waals surface area contributed by atoms with E-state index in [1.165, 1.54) is 12.2 Å². The van der Waals surface area contributed by atoms with Gasteiger partial charge in [-0.1, -0.05) is 0 Å². The summed E-state index contributed by atoms with van der Waals surface area (Å²) in [6.45, 7) is 7.36. The van der Waals surface area contributed by atoms with Crippen LogP contribution in [0.1, 0.15) is 31.4 Å². The number of hydrogen-bond donors (Lipinski definition) is 2. The molecule has 0 saturated carbocycles. The zero-order valence-corrected chi connectivity index (χ0v) is 18.8. The smallest absolute Gasteiger partial charge is 0.191 e. The van der Waals surface area contributed by atoms with Gasteiger partial charge in [-0.05, 0) is 43.6 Å². The minimum atomic E-state index is 0.0796. The van der Waals surface area contributed by atoms with Gasteiger partial charge in [-0.15, -0.1) is 0 Å². The average Bonchev–Trinajstić information content (AvgIpc) is 3.44. The number of rotatable bonds is 8. The Bertz CT molecular complexity index is 643. The van der Waals surface area contributed by atoms with E-state index in [1.54, 1.807) is 6.26 Å². The predicted octanol–water partition coefficient (Wildman–Crippen LogP) is 2.13. The molecule has 168 valence electrons. The van der Waals surface area contributed by atoms with Crippen molar-refractivity contribution >= 4 is 17.7 Å². The first-order valence-electron chi connectivity index (χ1n) is 11.4. The number of nitrogens with zero attached hydrogens (tertiary/aromatic N) is 2. The monoisotopic (exact) mass is 436 g/mol. The molecule has 1 aromatic heterocycles. The van der Waals surface area contributed by atoms with Crippen LogP contribution in [0, 0.1) is 0 Å². The highest BCUT2D eigenvalue weighted by Crippen LogP contribution is 2.38. The predicted molar refractivity (Wildman–Crippen MR) is 121 cm³/mol. The normalized spacial score (nSPS) is 28.1. The lowest BCUT2D eigenvalue weighted by Gasteiger charge is -2.38. The second kappa shape index (κ2) is 11.4. The summed E-state index contributed by atoms with van der Waals surface area (Å²) in [6, 6.07) is 4.38. The van der Waals surface area contributed by atoms with Gasteiger partial charge in [0.15, 0.2) is 5.96 Å². The molecule has 2 atom stereocenters. The number of morpholine rings is 1. The number of thioether (sulfide) groups is 1. The molecule has 4 heterocycles. The summed E-state index contributed by atoms with van der Waals surface area (Å²) in [5, 5.41) is 7.23. The Morgan fingerprint density at radius 3 is 3.03 bits per heavy atom. The molecule has 30 heavy (non-hydrogen) atoms. The molecule has 2 unspecified atom stereocenters. The summed E-state index contributed by atoms with van der Waals surface area (Å²) in [5.41, 5.74) is 0.0796. The van der Waals surface area contributed by atoms with Crippen molar-refractivity contribution in [3.05, 3.63) is 24.2 Å². The van der Waals surface area contributed by atoms with Crippen LogP contribution in [0.25, 0.3) is 0 Å². The van der Waals surface area contributed by atoms with Gasteiger partial charge in [-0.25, -0.2) is 0 Å². The topological polar surface area (TPSA) is 71.3 Å². The van der Waals surface area contributed by atoms with E-state index in [4.69, 9.17) is 18.9 Å². The molecule has 3 fully saturated rings. The highest BCUT2D eigenvalue weighted by Gasteiger charge is 2.40. The van der Waals surface area contributed by atoms with Crippen LogP contribution in [0.5, 0.6) is 0 Å². The molecule has 4 rings (SSSR count). The summed E-state index contributed by atoms with van der Waals surface area (Å²) < 4.78 is 17.1. The van der Waals surface area contributed by atoms with Crippen molar-refractivity contribution in [3.63, 3.8) is 0 Å². The first-order chi connectivity index (χ1) is 14.8. The van der Waals surface area contributed by atoms with Crippen LogP contribution in [0.2, 0.25) is 0 Å². The first-order valence-corrected chi connectivity index (χ1v) is 12.6. The summed E-state index contributed by atoms with van der Waals surface area (Å²) in [7, 11) is 0. The lowest BCUT2D eigenvalue weighted by molar-refractivity contribution is -0.0679. The third-order valence-electron chi connectivity index (χ3n) is 6.15. The quantitative estimate of drug-likeness (QED) is 0.367. The minimum absolute atomic E-state index is 0.0796. The maximum Gasteiger partial charge on any atom is 0.191 e. The van der Waals surface area contributed by atoms with E-state index in [9.17, 15) is 0 Å². The molecule has 3 aliphatic rings. The zero-order chi connectivity index (χ0) is 20.5. The van der Waals surface area contributed by atoms with E-state index in [0.717, 1.165) is 95.7 Å². The Kier molecular flexibility index (Phi) is 8.37. The van der Waals surface area contributed by atoms with Gasteiger partial charge in [0.2, 0.25) is 0 Å². The van der Waals surface area contributed by atoms with Crippen LogP contribution in [0.4, 0.5) is 0 Å². The molecule has 0 amide bonds. The van der Waals surface area contributed by atoms with Crippen molar-refractivity contribution < 1.29 is 13.9 Å². The molecule has 1 spiro atoms. The lowest BCUT2D eigenvalue weighted by atomic mass is 9.90. The fraction of sp³-hybridized carbons (Fsp3) is 0.773. The van der Waals surface area contributed by atoms with Crippen LogP contribution in [0.15, 0.2) is 27.8 Å². The van der Waals surface area contributed by atoms with Gasteiger partial charge < -0.3 is 24.5 Å². The van der Waals surface area contributed by atoms with Crippen LogP contribution >= 0.6 is 11.8 Å². The van der Waals surface area contributed by atoms with E-state index in [0.29, 0.717) is 6.04 Å². The second-order valence-electron chi connectivity index (χ2n) is 8.46. The van der Waals surface area contributed by atoms with Crippen LogP contribution in [-0.2, 0) is 15.9 Å². The maximum atomic E-state index is 6.18. The molecule has 0 aliphatic carbocycles. The molecular formula is C22H36N4O3S. The van der Waals surface area contributed by atoms with Gasteiger partial charge in [-0.3, -0.25) is 9.89 Å². The molecule has 0 aromatic carbocycles. The third kappa shape index (κ3) is 6.64. The Labute approximate surface area is 184 Å². The molecule has 2 N–H and O–H groups in total. The number of guanidine groups is 1. The summed E-state index contributed by atoms with van der Waals surface area (Å²) >= 11 is 2.02. The maximum absolute atomic E-state index is 6.18. The molecule has 0 radical (unpaired) electrons. The summed E-state index contributed by atoms with van der Waals surface area (Å²) in [4.78, 5) is 7.36. The van der Waals surface area contributed by atoms with Crippen molar-refractivity contribution in [2.24, 2.45) is 4.99 Å². The Morgan fingerprint density at radius 2 is 2.23 bits per heavy atom. The largest absolute Gasteiger partial charge is 0.469 e. The molecule has 7 nitrogen and oxygen atoms in total. The number of nitrogens with one attached hydrogen (secondary N) is 2. The summed E-state index contributed by atoms with van der Waals surface area (Å²) in [6.07, 6.45) is 6.95. The third-order valence-corrected chi connectivity index (χ3v) is 7.37. The molecule has 1 aromatic rings. The molecule has 3 aliphatic heterocycles. The molecular weight excluding hydrogens is 400 g/mol. The van der Waals surface area contributed by atoms with Crippen LogP contribution in [0.3, 0.4) is 0 Å². The van der Waals surface area contributed by atoms with Gasteiger partial charge in [0.1, 0.15) is 5.76 Å². The summed E-state index contributed by atoms with van der Waals surface area (Å²) in [5.74, 6) is 4.28. The van der Waals surface area contributed by atoms with E-state index >= 15 is 0 Å². The van der Waals surface area contributed by atoms with E-state index < -0.39 is 0 Å². The van der Waals surface area contributed by atoms with Crippen molar-refractivity contribution in [1.29, 1.82) is 0 Å². The average molecular weight is 437 g/mol. The first kappa shape index (κ1) is 22.0. The van der Waals surface area contributed by atoms with Crippen LogP contribution in [-0.4, -0.2) is 86.6 Å². The SMILES string of the molecule is c1coc(CCNC(=NCCCN2CCOCC2)NC2CCOC3(CCSC3)C2)c1. The molecule has 3 saturated heterocycles. The highest BCUT2D eigenvalue weighted by molar-refractivity contribution is 7.99. The second-order valence-corrected chi connectivity index (χ2v) is 9.57. The Hall–Kier alpha value is -1.22. The van der Waals surface area contributed by atoms with Gasteiger partial charge in [0.25, 0.3) is 0 Å². The van der Waals surface area contributed by atoms with Gasteiger partial charge in [0.05, 0.1) is 25.1 Å². The van der Waals surface area contributed by atoms with Gasteiger partial charge >= 0.3 is 0 Å². The highest BCUT2D eigenvalue weighted by atomic mass is 32.2. The standard InChI is InChI=1S/C22H36N4O3S/c1-3-20(28-12-1)4-8-24-21(23-7-2-9-26-10-14-27-15-11-26)25-19-5-13-29-22(17-19)6-16-30-18-22/h1,3,12,19H,2,4-11,13-18H2,(H2,23,24,25). The molecule has 8 heteroatoms. The van der Waals surface area contributed by atoms with Gasteiger partial charge in [-0.2, -0.15) is 11.8 Å². The fourth-order valence-corrected chi connectivity index (χ4v) is 5.81. The van der Waals surface area contributed by atoms with Crippen LogP contribution < -0.4 is 10.6 Å². The molecule has 0 bridgehead atoms. The Balaban J connectivity index is 1.27. The van der Waals surface area contributed by atoms with Crippen molar-refractivity contribution in [2.75, 3.05) is 64.1 Å². The number of aliphatic imine (C=N–C) groups is 1. The van der Waals surface area contributed by atoms with E-state index in [2.05, 4.69) is 15.5 Å². The number of furan rings is 1. The number of hydrogen-bond acceptors (Lipinski definition) is 6. The van der Waals surface area contributed by atoms with E-state index in [1.807, 2.05) is 23.9 Å². The zero-order valence-electron chi connectivity index (χ0n) is 17.9. The lowest BCUT2D eigenvalue weighted by Crippen LogP contribution is -2.51. The number of ether oxygens (including phenoxy) is 2.